The molecule has 0 aromatic rings. The van der Waals surface area contributed by atoms with E-state index in [4.69, 9.17) is 4.74 Å². The van der Waals surface area contributed by atoms with E-state index in [1.165, 1.54) is 64.6 Å². The van der Waals surface area contributed by atoms with Crippen molar-refractivity contribution in [2.75, 3.05) is 33.3 Å². The van der Waals surface area contributed by atoms with Crippen LogP contribution in [-0.2, 0) is 4.74 Å². The van der Waals surface area contributed by atoms with Crippen LogP contribution in [0.3, 0.4) is 0 Å². The normalized spacial score (nSPS) is 36.6. The number of ether oxygens (including phenoxy) is 1. The van der Waals surface area contributed by atoms with Crippen molar-refractivity contribution in [1.82, 2.24) is 15.5 Å². The van der Waals surface area contributed by atoms with Gasteiger partial charge >= 0.3 is 0 Å². The Kier molecular flexibility index (Phi) is 7.34. The molecule has 2 aliphatic heterocycles. The molecule has 5 nitrogen and oxygen atoms in total. The Bertz CT molecular complexity index is 520. The number of hydrogen-bond acceptors (Lipinski definition) is 3. The summed E-state index contributed by atoms with van der Waals surface area (Å²) in [5.41, 5.74) is 0.187. The average molecular weight is 490 g/mol. The lowest BCUT2D eigenvalue weighted by Gasteiger charge is -2.60. The number of fused-ring (bicyclic) bond motifs is 1. The van der Waals surface area contributed by atoms with Crippen LogP contribution in [0.2, 0.25) is 0 Å². The number of guanidine groups is 1. The third-order valence-corrected chi connectivity index (χ3v) is 7.45. The van der Waals surface area contributed by atoms with E-state index in [9.17, 15) is 0 Å². The van der Waals surface area contributed by atoms with E-state index < -0.39 is 0 Å². The van der Waals surface area contributed by atoms with Crippen molar-refractivity contribution >= 4 is 29.9 Å². The van der Waals surface area contributed by atoms with Crippen molar-refractivity contribution in [2.24, 2.45) is 22.2 Å². The summed E-state index contributed by atoms with van der Waals surface area (Å²) >= 11 is 0. The van der Waals surface area contributed by atoms with Crippen molar-refractivity contribution in [3.8, 4) is 0 Å². The first-order valence-electron chi connectivity index (χ1n) is 10.9. The lowest BCUT2D eigenvalue weighted by molar-refractivity contribution is -0.188. The van der Waals surface area contributed by atoms with Gasteiger partial charge in [0.1, 0.15) is 0 Å². The van der Waals surface area contributed by atoms with Gasteiger partial charge in [-0.1, -0.05) is 26.7 Å². The van der Waals surface area contributed by atoms with E-state index >= 15 is 0 Å². The van der Waals surface area contributed by atoms with Crippen molar-refractivity contribution < 1.29 is 4.74 Å². The molecule has 4 atom stereocenters. The highest BCUT2D eigenvalue weighted by molar-refractivity contribution is 14.0. The summed E-state index contributed by atoms with van der Waals surface area (Å²) in [6.45, 7) is 9.32. The molecule has 2 saturated carbocycles. The van der Waals surface area contributed by atoms with Crippen molar-refractivity contribution in [1.29, 1.82) is 0 Å². The fourth-order valence-electron chi connectivity index (χ4n) is 6.00. The second-order valence-corrected chi connectivity index (χ2v) is 9.65. The Morgan fingerprint density at radius 2 is 1.89 bits per heavy atom. The summed E-state index contributed by atoms with van der Waals surface area (Å²) < 4.78 is 6.04. The first kappa shape index (κ1) is 21.6. The number of hydrogen-bond donors (Lipinski definition) is 2. The van der Waals surface area contributed by atoms with Crippen LogP contribution in [0, 0.1) is 17.3 Å². The second kappa shape index (κ2) is 9.16. The number of likely N-dealkylation sites (tertiary alicyclic amines) is 1. The molecule has 4 rings (SSSR count). The zero-order chi connectivity index (χ0) is 18.1. The van der Waals surface area contributed by atoms with Crippen LogP contribution in [0.5, 0.6) is 0 Å². The summed E-state index contributed by atoms with van der Waals surface area (Å²) in [5.74, 6) is 2.57. The second-order valence-electron chi connectivity index (χ2n) is 9.65. The monoisotopic (exact) mass is 490 g/mol. The number of nitrogens with one attached hydrogen (secondary N) is 2. The van der Waals surface area contributed by atoms with E-state index in [0.717, 1.165) is 18.5 Å². The zero-order valence-corrected chi connectivity index (χ0v) is 19.7. The van der Waals surface area contributed by atoms with E-state index in [1.54, 1.807) is 0 Å². The fourth-order valence-corrected chi connectivity index (χ4v) is 6.00. The van der Waals surface area contributed by atoms with Gasteiger partial charge in [-0.05, 0) is 38.0 Å². The highest BCUT2D eigenvalue weighted by Crippen LogP contribution is 2.51. The van der Waals surface area contributed by atoms with Gasteiger partial charge in [0.05, 0.1) is 6.10 Å². The third-order valence-electron chi connectivity index (χ3n) is 7.45. The quantitative estimate of drug-likeness (QED) is 0.361. The zero-order valence-electron chi connectivity index (χ0n) is 17.4. The Labute approximate surface area is 182 Å². The molecule has 0 bridgehead atoms. The molecule has 156 valence electrons. The maximum absolute atomic E-state index is 6.04. The predicted molar refractivity (Wildman–Crippen MR) is 122 cm³/mol. The molecule has 4 aliphatic rings. The number of rotatable bonds is 4. The molecule has 0 aromatic carbocycles. The summed E-state index contributed by atoms with van der Waals surface area (Å²) in [4.78, 5) is 7.21. The van der Waals surface area contributed by atoms with Gasteiger partial charge in [-0.15, -0.1) is 24.0 Å². The predicted octanol–water partition coefficient (Wildman–Crippen LogP) is 3.24. The molecule has 2 heterocycles. The van der Waals surface area contributed by atoms with E-state index in [0.29, 0.717) is 24.1 Å². The van der Waals surface area contributed by atoms with Crippen molar-refractivity contribution in [3.05, 3.63) is 0 Å². The Morgan fingerprint density at radius 3 is 2.63 bits per heavy atom. The SMILES string of the molecule is CN=C(NC1CCN(CC2CCCC2)C1)NC1C2CCCOC2C1(C)C.I. The molecule has 6 heteroatoms. The maximum Gasteiger partial charge on any atom is 0.191 e. The highest BCUT2D eigenvalue weighted by atomic mass is 127. The van der Waals surface area contributed by atoms with Crippen LogP contribution in [0.4, 0.5) is 0 Å². The summed E-state index contributed by atoms with van der Waals surface area (Å²) in [6, 6.07) is 0.999. The minimum absolute atomic E-state index is 0. The van der Waals surface area contributed by atoms with E-state index in [-0.39, 0.29) is 29.4 Å². The van der Waals surface area contributed by atoms with Crippen LogP contribution in [0.15, 0.2) is 4.99 Å². The number of aliphatic imine (C=N–C) groups is 1. The van der Waals surface area contributed by atoms with Crippen molar-refractivity contribution in [2.45, 2.75) is 77.0 Å². The summed E-state index contributed by atoms with van der Waals surface area (Å²) in [6.07, 6.45) is 9.90. The number of halogens is 1. The maximum atomic E-state index is 6.04. The Hall–Kier alpha value is -0.0800. The lowest BCUT2D eigenvalue weighted by atomic mass is 9.55. The first-order chi connectivity index (χ1) is 12.6. The van der Waals surface area contributed by atoms with Crippen LogP contribution in [-0.4, -0.2) is 62.3 Å². The molecular formula is C21H39IN4O. The molecule has 0 radical (unpaired) electrons. The minimum atomic E-state index is 0. The van der Waals surface area contributed by atoms with Gasteiger partial charge in [-0.3, -0.25) is 4.99 Å². The molecule has 4 fully saturated rings. The molecule has 2 N–H and O–H groups in total. The van der Waals surface area contributed by atoms with Gasteiger partial charge in [-0.25, -0.2) is 0 Å². The molecular weight excluding hydrogens is 451 g/mol. The minimum Gasteiger partial charge on any atom is -0.377 e. The summed E-state index contributed by atoms with van der Waals surface area (Å²) in [5, 5.41) is 7.46. The van der Waals surface area contributed by atoms with Crippen LogP contribution >= 0.6 is 24.0 Å². The molecule has 2 saturated heterocycles. The molecule has 2 aliphatic carbocycles. The summed E-state index contributed by atoms with van der Waals surface area (Å²) in [7, 11) is 1.90. The van der Waals surface area contributed by atoms with Gasteiger partial charge in [0.2, 0.25) is 0 Å². The van der Waals surface area contributed by atoms with Crippen molar-refractivity contribution in [3.63, 3.8) is 0 Å². The topological polar surface area (TPSA) is 48.9 Å². The third kappa shape index (κ3) is 4.58. The van der Waals surface area contributed by atoms with Crippen LogP contribution in [0.25, 0.3) is 0 Å². The van der Waals surface area contributed by atoms with E-state index in [1.807, 2.05) is 7.05 Å². The Balaban J connectivity index is 0.00000210. The molecule has 0 spiro atoms. The molecule has 4 unspecified atom stereocenters. The standard InChI is InChI=1S/C21H38N4O.HI/c1-21(2)18(17-9-6-12-26-19(17)21)24-20(22-3)23-16-10-11-25(14-16)13-15-7-4-5-8-15;/h15-19H,4-14H2,1-3H3,(H2,22,23,24);1H. The van der Waals surface area contributed by atoms with Crippen LogP contribution in [0.1, 0.15) is 58.8 Å². The molecule has 0 aromatic heterocycles. The van der Waals surface area contributed by atoms with Gasteiger partial charge in [0.25, 0.3) is 0 Å². The lowest BCUT2D eigenvalue weighted by Crippen LogP contribution is -2.71. The average Bonchev–Trinajstić information content (AvgIpc) is 3.31. The van der Waals surface area contributed by atoms with Gasteiger partial charge in [-0.2, -0.15) is 0 Å². The highest BCUT2D eigenvalue weighted by Gasteiger charge is 2.58. The smallest absolute Gasteiger partial charge is 0.191 e. The van der Waals surface area contributed by atoms with E-state index in [2.05, 4.69) is 34.4 Å². The fraction of sp³-hybridized carbons (Fsp3) is 0.952. The van der Waals surface area contributed by atoms with Gasteiger partial charge < -0.3 is 20.3 Å². The molecule has 0 amide bonds. The largest absolute Gasteiger partial charge is 0.377 e. The molecule has 27 heavy (non-hydrogen) atoms. The van der Waals surface area contributed by atoms with Crippen LogP contribution < -0.4 is 10.6 Å². The Morgan fingerprint density at radius 1 is 1.11 bits per heavy atom. The number of nitrogens with zero attached hydrogens (tertiary/aromatic N) is 2. The van der Waals surface area contributed by atoms with Gasteiger partial charge in [0.15, 0.2) is 5.96 Å². The van der Waals surface area contributed by atoms with Gasteiger partial charge in [0, 0.05) is 56.7 Å². The first-order valence-corrected chi connectivity index (χ1v) is 10.9.